The Hall–Kier alpha value is -1.22. The molecule has 2 aliphatic heterocycles. The molecular weight excluding hydrogens is 393 g/mol. The van der Waals surface area contributed by atoms with E-state index in [0.717, 1.165) is 11.8 Å². The minimum Gasteiger partial charge on any atom is -0.496 e. The van der Waals surface area contributed by atoms with E-state index < -0.39 is 22.3 Å². The highest BCUT2D eigenvalue weighted by Crippen LogP contribution is 2.45. The normalized spacial score (nSPS) is 25.8. The van der Waals surface area contributed by atoms with Gasteiger partial charge in [-0.15, -0.1) is 0 Å². The molecule has 2 fully saturated rings. The first-order chi connectivity index (χ1) is 11.7. The van der Waals surface area contributed by atoms with E-state index in [2.05, 4.69) is 0 Å². The van der Waals surface area contributed by atoms with Gasteiger partial charge in [-0.3, -0.25) is 4.18 Å². The smallest absolute Gasteiger partial charge is 0.410 e. The zero-order valence-corrected chi connectivity index (χ0v) is 15.9. The first-order valence-corrected chi connectivity index (χ1v) is 10.1. The van der Waals surface area contributed by atoms with Crippen molar-refractivity contribution in [1.82, 2.24) is 4.90 Å². The molecule has 10 heteroatoms. The highest BCUT2D eigenvalue weighted by atomic mass is 35.5. The second kappa shape index (κ2) is 6.83. The van der Waals surface area contributed by atoms with Gasteiger partial charge >= 0.3 is 6.09 Å². The van der Waals surface area contributed by atoms with Crippen LogP contribution in [0, 0.1) is 0 Å². The Morgan fingerprint density at radius 1 is 1.36 bits per heavy atom. The number of benzene rings is 1. The Morgan fingerprint density at radius 3 is 2.72 bits per heavy atom. The summed E-state index contributed by atoms with van der Waals surface area (Å²) in [6.45, 7) is 0.175. The van der Waals surface area contributed by atoms with Crippen LogP contribution in [0.1, 0.15) is 17.9 Å². The second-order valence-electron chi connectivity index (χ2n) is 6.04. The summed E-state index contributed by atoms with van der Waals surface area (Å²) < 4.78 is 37.8. The number of amides is 1. The fraction of sp³-hybridized carbons (Fsp3) is 0.533. The monoisotopic (exact) mass is 409 g/mol. The molecule has 1 amide bonds. The third kappa shape index (κ3) is 3.67. The summed E-state index contributed by atoms with van der Waals surface area (Å²) in [5.41, 5.74) is 0.738. The maximum atomic E-state index is 12.1. The zero-order valence-electron chi connectivity index (χ0n) is 13.6. The summed E-state index contributed by atoms with van der Waals surface area (Å²) in [4.78, 5) is 13.6. The first kappa shape index (κ1) is 18.6. The molecule has 7 nitrogen and oxygen atoms in total. The lowest BCUT2D eigenvalue weighted by Gasteiger charge is -2.18. The highest BCUT2D eigenvalue weighted by Gasteiger charge is 2.49. The van der Waals surface area contributed by atoms with Crippen molar-refractivity contribution in [3.8, 4) is 5.75 Å². The van der Waals surface area contributed by atoms with Crippen LogP contribution in [-0.2, 0) is 19.0 Å². The zero-order chi connectivity index (χ0) is 18.4. The number of hydrogen-bond donors (Lipinski definition) is 0. The molecule has 0 aromatic heterocycles. The molecule has 1 aromatic rings. The maximum Gasteiger partial charge on any atom is 0.410 e. The molecule has 0 spiro atoms. The van der Waals surface area contributed by atoms with Gasteiger partial charge in [-0.1, -0.05) is 23.2 Å². The van der Waals surface area contributed by atoms with Crippen LogP contribution in [0.25, 0.3) is 0 Å². The van der Waals surface area contributed by atoms with Crippen molar-refractivity contribution in [2.45, 2.75) is 24.5 Å². The van der Waals surface area contributed by atoms with Gasteiger partial charge < -0.3 is 14.4 Å². The van der Waals surface area contributed by atoms with Crippen molar-refractivity contribution in [3.63, 3.8) is 0 Å². The number of ether oxygens (including phenoxy) is 2. The number of carbonyl (C=O) groups excluding carboxylic acids is 1. The van der Waals surface area contributed by atoms with Crippen LogP contribution in [0.15, 0.2) is 12.1 Å². The SMILES string of the molecule is COc1ccc(Cl)c(Cl)c1[C@H]1C[C@H]2C(COS(C)(=O)=O)OC(=O)N2C1. The Morgan fingerprint density at radius 2 is 2.08 bits per heavy atom. The largest absolute Gasteiger partial charge is 0.496 e. The van der Waals surface area contributed by atoms with Crippen molar-refractivity contribution >= 4 is 39.4 Å². The fourth-order valence-corrected chi connectivity index (χ4v) is 4.21. The standard InChI is InChI=1S/C15H17Cl2NO6S/c1-22-11-4-3-9(16)14(17)13(11)8-5-10-12(7-23-25(2,20)21)24-15(19)18(10)6-8/h3-4,8,10,12H,5-7H2,1-2H3/t8-,10-,12?/m0/s1. The van der Waals surface area contributed by atoms with E-state index in [4.69, 9.17) is 36.9 Å². The molecule has 0 saturated carbocycles. The number of nitrogens with zero attached hydrogens (tertiary/aromatic N) is 1. The maximum absolute atomic E-state index is 12.1. The number of halogens is 2. The molecule has 0 N–H and O–H groups in total. The number of fused-ring (bicyclic) bond motifs is 1. The first-order valence-electron chi connectivity index (χ1n) is 7.54. The van der Waals surface area contributed by atoms with E-state index in [9.17, 15) is 13.2 Å². The number of rotatable bonds is 5. The number of carbonyl (C=O) groups is 1. The Balaban J connectivity index is 1.83. The van der Waals surface area contributed by atoms with E-state index >= 15 is 0 Å². The molecule has 25 heavy (non-hydrogen) atoms. The molecule has 3 rings (SSSR count). The molecule has 0 aliphatic carbocycles. The van der Waals surface area contributed by atoms with Gasteiger partial charge in [0.1, 0.15) is 18.5 Å². The van der Waals surface area contributed by atoms with Gasteiger partial charge in [0.2, 0.25) is 0 Å². The summed E-state index contributed by atoms with van der Waals surface area (Å²) in [6.07, 6.45) is 0.345. The van der Waals surface area contributed by atoms with Crippen LogP contribution in [0.5, 0.6) is 5.75 Å². The van der Waals surface area contributed by atoms with Crippen LogP contribution < -0.4 is 4.74 Å². The lowest BCUT2D eigenvalue weighted by atomic mass is 9.94. The predicted octanol–water partition coefficient (Wildman–Crippen LogP) is 2.65. The number of methoxy groups -OCH3 is 1. The molecule has 1 unspecified atom stereocenters. The minimum atomic E-state index is -3.61. The van der Waals surface area contributed by atoms with Gasteiger partial charge in [0.25, 0.3) is 10.1 Å². The van der Waals surface area contributed by atoms with Gasteiger partial charge in [0.05, 0.1) is 29.5 Å². The van der Waals surface area contributed by atoms with Gasteiger partial charge in [-0.25, -0.2) is 4.79 Å². The molecular formula is C15H17Cl2NO6S. The number of cyclic esters (lactones) is 1. The van der Waals surface area contributed by atoms with Gasteiger partial charge in [0, 0.05) is 18.0 Å². The van der Waals surface area contributed by atoms with Crippen molar-refractivity contribution in [2.24, 2.45) is 0 Å². The number of hydrogen-bond acceptors (Lipinski definition) is 6. The van der Waals surface area contributed by atoms with Crippen LogP contribution >= 0.6 is 23.2 Å². The summed E-state index contributed by atoms with van der Waals surface area (Å²) >= 11 is 12.5. The van der Waals surface area contributed by atoms with E-state index in [0.29, 0.717) is 28.8 Å². The molecule has 3 atom stereocenters. The highest BCUT2D eigenvalue weighted by molar-refractivity contribution is 7.85. The second-order valence-corrected chi connectivity index (χ2v) is 8.47. The van der Waals surface area contributed by atoms with Crippen molar-refractivity contribution in [3.05, 3.63) is 27.7 Å². The molecule has 2 saturated heterocycles. The summed E-state index contributed by atoms with van der Waals surface area (Å²) in [5.74, 6) is 0.498. The Labute approximate surface area is 155 Å². The molecule has 138 valence electrons. The summed E-state index contributed by atoms with van der Waals surface area (Å²) in [6, 6.07) is 3.09. The Bertz CT molecular complexity index is 799. The van der Waals surface area contributed by atoms with E-state index in [1.807, 2.05) is 0 Å². The van der Waals surface area contributed by atoms with Gasteiger partial charge in [-0.2, -0.15) is 8.42 Å². The average Bonchev–Trinajstić information content (AvgIpc) is 3.08. The van der Waals surface area contributed by atoms with Crippen molar-refractivity contribution in [2.75, 3.05) is 26.5 Å². The minimum absolute atomic E-state index is 0.0975. The van der Waals surface area contributed by atoms with Gasteiger partial charge in [-0.05, 0) is 18.6 Å². The fourth-order valence-electron chi connectivity index (χ4n) is 3.36. The van der Waals surface area contributed by atoms with Crippen LogP contribution in [0.2, 0.25) is 10.0 Å². The summed E-state index contributed by atoms with van der Waals surface area (Å²) in [7, 11) is -2.08. The van der Waals surface area contributed by atoms with E-state index in [-0.39, 0.29) is 18.6 Å². The van der Waals surface area contributed by atoms with Crippen LogP contribution in [0.3, 0.4) is 0 Å². The lowest BCUT2D eigenvalue weighted by Crippen LogP contribution is -2.33. The van der Waals surface area contributed by atoms with E-state index in [1.165, 1.54) is 7.11 Å². The molecule has 1 aromatic carbocycles. The van der Waals surface area contributed by atoms with Crippen LogP contribution in [-0.4, -0.2) is 58.1 Å². The average molecular weight is 410 g/mol. The van der Waals surface area contributed by atoms with E-state index in [1.54, 1.807) is 17.0 Å². The molecule has 2 heterocycles. The van der Waals surface area contributed by atoms with Crippen molar-refractivity contribution in [1.29, 1.82) is 0 Å². The third-order valence-corrected chi connectivity index (χ3v) is 5.81. The quantitative estimate of drug-likeness (QED) is 0.695. The predicted molar refractivity (Wildman–Crippen MR) is 91.9 cm³/mol. The molecule has 0 radical (unpaired) electrons. The molecule has 2 aliphatic rings. The van der Waals surface area contributed by atoms with Crippen LogP contribution in [0.4, 0.5) is 4.79 Å². The summed E-state index contributed by atoms with van der Waals surface area (Å²) in [5, 5.41) is 0.800. The topological polar surface area (TPSA) is 82.1 Å². The van der Waals surface area contributed by atoms with Crippen molar-refractivity contribution < 1.29 is 26.9 Å². The van der Waals surface area contributed by atoms with Gasteiger partial charge in [0.15, 0.2) is 0 Å². The molecule has 0 bridgehead atoms. The lowest BCUT2D eigenvalue weighted by molar-refractivity contribution is 0.0920. The Kier molecular flexibility index (Phi) is 5.07. The third-order valence-electron chi connectivity index (χ3n) is 4.43.